The molecule has 1 amide bonds. The summed E-state index contributed by atoms with van der Waals surface area (Å²) < 4.78 is 5.71. The van der Waals surface area contributed by atoms with Crippen LogP contribution in [0, 0.1) is 12.8 Å². The number of para-hydroxylation sites is 1. The first-order valence-electron chi connectivity index (χ1n) is 7.12. The SMILES string of the molecule is Cc1ccccc1OCCCN(C)C(=O)C(C)C(C)N. The first kappa shape index (κ1) is 16.5. The van der Waals surface area contributed by atoms with E-state index in [1.807, 2.05) is 52.1 Å². The molecule has 112 valence electrons. The van der Waals surface area contributed by atoms with Crippen LogP contribution in [-0.4, -0.2) is 37.0 Å². The molecule has 2 atom stereocenters. The summed E-state index contributed by atoms with van der Waals surface area (Å²) in [6.07, 6.45) is 0.808. The number of carbonyl (C=O) groups excluding carboxylic acids is 1. The number of nitrogens with two attached hydrogens (primary N) is 1. The summed E-state index contributed by atoms with van der Waals surface area (Å²) in [5.41, 5.74) is 6.88. The number of ether oxygens (including phenoxy) is 1. The Bertz CT molecular complexity index is 432. The van der Waals surface area contributed by atoms with E-state index in [4.69, 9.17) is 10.5 Å². The number of benzene rings is 1. The van der Waals surface area contributed by atoms with E-state index in [2.05, 4.69) is 0 Å². The van der Waals surface area contributed by atoms with E-state index in [-0.39, 0.29) is 17.9 Å². The van der Waals surface area contributed by atoms with Crippen LogP contribution in [0.2, 0.25) is 0 Å². The van der Waals surface area contributed by atoms with Crippen LogP contribution in [0.15, 0.2) is 24.3 Å². The molecule has 0 saturated carbocycles. The topological polar surface area (TPSA) is 55.6 Å². The molecule has 0 aliphatic carbocycles. The Labute approximate surface area is 121 Å². The summed E-state index contributed by atoms with van der Waals surface area (Å²) in [5.74, 6) is 0.860. The lowest BCUT2D eigenvalue weighted by Crippen LogP contribution is -2.40. The lowest BCUT2D eigenvalue weighted by Gasteiger charge is -2.23. The molecule has 0 saturated heterocycles. The number of amides is 1. The molecular formula is C16H26N2O2. The van der Waals surface area contributed by atoms with E-state index in [9.17, 15) is 4.79 Å². The Morgan fingerprint density at radius 2 is 2.00 bits per heavy atom. The van der Waals surface area contributed by atoms with Crippen molar-refractivity contribution >= 4 is 5.91 Å². The molecule has 0 aliphatic rings. The van der Waals surface area contributed by atoms with E-state index in [0.29, 0.717) is 13.2 Å². The molecule has 2 N–H and O–H groups in total. The van der Waals surface area contributed by atoms with Crippen molar-refractivity contribution in [3.63, 3.8) is 0 Å². The van der Waals surface area contributed by atoms with Crippen molar-refractivity contribution in [2.45, 2.75) is 33.2 Å². The predicted molar refractivity (Wildman–Crippen MR) is 81.7 cm³/mol. The van der Waals surface area contributed by atoms with Crippen molar-refractivity contribution < 1.29 is 9.53 Å². The minimum Gasteiger partial charge on any atom is -0.493 e. The van der Waals surface area contributed by atoms with Crippen LogP contribution >= 0.6 is 0 Å². The van der Waals surface area contributed by atoms with Gasteiger partial charge in [0, 0.05) is 19.6 Å². The van der Waals surface area contributed by atoms with Gasteiger partial charge in [0.05, 0.1) is 12.5 Å². The van der Waals surface area contributed by atoms with Crippen molar-refractivity contribution in [3.05, 3.63) is 29.8 Å². The highest BCUT2D eigenvalue weighted by atomic mass is 16.5. The maximum Gasteiger partial charge on any atom is 0.226 e. The highest BCUT2D eigenvalue weighted by Crippen LogP contribution is 2.16. The maximum absolute atomic E-state index is 12.0. The first-order chi connectivity index (χ1) is 9.43. The molecule has 0 bridgehead atoms. The molecule has 0 aliphatic heterocycles. The van der Waals surface area contributed by atoms with Gasteiger partial charge in [0.25, 0.3) is 0 Å². The molecule has 20 heavy (non-hydrogen) atoms. The minimum atomic E-state index is -0.141. The fraction of sp³-hybridized carbons (Fsp3) is 0.562. The van der Waals surface area contributed by atoms with Crippen molar-refractivity contribution in [2.24, 2.45) is 11.7 Å². The van der Waals surface area contributed by atoms with E-state index in [0.717, 1.165) is 17.7 Å². The number of hydrogen-bond donors (Lipinski definition) is 1. The molecule has 2 unspecified atom stereocenters. The average molecular weight is 278 g/mol. The molecule has 0 spiro atoms. The molecule has 1 aromatic carbocycles. The van der Waals surface area contributed by atoms with E-state index >= 15 is 0 Å². The maximum atomic E-state index is 12.0. The Hall–Kier alpha value is -1.55. The van der Waals surface area contributed by atoms with Crippen LogP contribution in [0.3, 0.4) is 0 Å². The number of carbonyl (C=O) groups is 1. The van der Waals surface area contributed by atoms with Gasteiger partial charge in [-0.05, 0) is 31.9 Å². The predicted octanol–water partition coefficient (Wildman–Crippen LogP) is 2.21. The van der Waals surface area contributed by atoms with Crippen LogP contribution in [0.25, 0.3) is 0 Å². The van der Waals surface area contributed by atoms with Gasteiger partial charge in [-0.3, -0.25) is 4.79 Å². The van der Waals surface area contributed by atoms with E-state index in [1.165, 1.54) is 0 Å². The smallest absolute Gasteiger partial charge is 0.226 e. The second-order valence-electron chi connectivity index (χ2n) is 5.38. The van der Waals surface area contributed by atoms with Crippen LogP contribution in [0.4, 0.5) is 0 Å². The minimum absolute atomic E-state index is 0.0934. The van der Waals surface area contributed by atoms with Crippen LogP contribution in [-0.2, 0) is 4.79 Å². The third kappa shape index (κ3) is 4.85. The molecule has 4 heteroatoms. The van der Waals surface area contributed by atoms with Gasteiger partial charge >= 0.3 is 0 Å². The van der Waals surface area contributed by atoms with Gasteiger partial charge in [0.2, 0.25) is 5.91 Å². The van der Waals surface area contributed by atoms with Crippen molar-refractivity contribution in [1.29, 1.82) is 0 Å². The molecule has 0 heterocycles. The fourth-order valence-corrected chi connectivity index (χ4v) is 1.88. The van der Waals surface area contributed by atoms with E-state index in [1.54, 1.807) is 4.90 Å². The van der Waals surface area contributed by atoms with Crippen LogP contribution in [0.5, 0.6) is 5.75 Å². The molecule has 0 fully saturated rings. The number of aryl methyl sites for hydroxylation is 1. The summed E-state index contributed by atoms with van der Waals surface area (Å²) >= 11 is 0. The largest absolute Gasteiger partial charge is 0.493 e. The molecule has 4 nitrogen and oxygen atoms in total. The molecule has 0 aromatic heterocycles. The lowest BCUT2D eigenvalue weighted by atomic mass is 10.0. The number of rotatable bonds is 7. The normalized spacial score (nSPS) is 13.7. The second-order valence-corrected chi connectivity index (χ2v) is 5.38. The summed E-state index contributed by atoms with van der Waals surface area (Å²) in [5, 5.41) is 0. The van der Waals surface area contributed by atoms with Gasteiger partial charge in [-0.1, -0.05) is 25.1 Å². The third-order valence-electron chi connectivity index (χ3n) is 3.54. The van der Waals surface area contributed by atoms with Gasteiger partial charge in [-0.2, -0.15) is 0 Å². The molecule has 1 aromatic rings. The van der Waals surface area contributed by atoms with E-state index < -0.39 is 0 Å². The molecule has 0 radical (unpaired) electrons. The zero-order valence-corrected chi connectivity index (χ0v) is 12.9. The summed E-state index contributed by atoms with van der Waals surface area (Å²) in [6, 6.07) is 7.82. The van der Waals surface area contributed by atoms with Gasteiger partial charge in [0.15, 0.2) is 0 Å². The summed E-state index contributed by atoms with van der Waals surface area (Å²) in [6.45, 7) is 7.04. The highest BCUT2D eigenvalue weighted by molar-refractivity contribution is 5.78. The number of nitrogens with zero attached hydrogens (tertiary/aromatic N) is 1. The second kappa shape index (κ2) is 7.90. The molecule has 1 rings (SSSR count). The standard InChI is InChI=1S/C16H26N2O2/c1-12-8-5-6-9-15(12)20-11-7-10-18(4)16(19)13(2)14(3)17/h5-6,8-9,13-14H,7,10-11,17H2,1-4H3. The quantitative estimate of drug-likeness (QED) is 0.778. The monoisotopic (exact) mass is 278 g/mol. The van der Waals surface area contributed by atoms with Gasteiger partial charge in [-0.25, -0.2) is 0 Å². The fourth-order valence-electron chi connectivity index (χ4n) is 1.88. The summed E-state index contributed by atoms with van der Waals surface area (Å²) in [4.78, 5) is 13.7. The van der Waals surface area contributed by atoms with Crippen LogP contribution < -0.4 is 10.5 Å². The summed E-state index contributed by atoms with van der Waals surface area (Å²) in [7, 11) is 1.81. The first-order valence-corrected chi connectivity index (χ1v) is 7.12. The van der Waals surface area contributed by atoms with Crippen molar-refractivity contribution in [2.75, 3.05) is 20.2 Å². The van der Waals surface area contributed by atoms with Crippen LogP contribution in [0.1, 0.15) is 25.8 Å². The zero-order chi connectivity index (χ0) is 15.1. The average Bonchev–Trinajstić information content (AvgIpc) is 2.43. The van der Waals surface area contributed by atoms with Gasteiger partial charge in [-0.15, -0.1) is 0 Å². The lowest BCUT2D eigenvalue weighted by molar-refractivity contribution is -0.134. The zero-order valence-electron chi connectivity index (χ0n) is 12.9. The van der Waals surface area contributed by atoms with Gasteiger partial charge < -0.3 is 15.4 Å². The Morgan fingerprint density at radius 1 is 1.35 bits per heavy atom. The third-order valence-corrected chi connectivity index (χ3v) is 3.54. The van der Waals surface area contributed by atoms with Crippen molar-refractivity contribution in [3.8, 4) is 5.75 Å². The Kier molecular flexibility index (Phi) is 6.52. The van der Waals surface area contributed by atoms with Gasteiger partial charge in [0.1, 0.15) is 5.75 Å². The highest BCUT2D eigenvalue weighted by Gasteiger charge is 2.20. The molecular weight excluding hydrogens is 252 g/mol. The Balaban J connectivity index is 2.31. The van der Waals surface area contributed by atoms with Crippen molar-refractivity contribution in [1.82, 2.24) is 4.90 Å². The number of hydrogen-bond acceptors (Lipinski definition) is 3. The Morgan fingerprint density at radius 3 is 2.60 bits per heavy atom.